The molecule has 2 amide bonds. The van der Waals surface area contributed by atoms with Gasteiger partial charge in [0.25, 0.3) is 5.91 Å². The quantitative estimate of drug-likeness (QED) is 0.880. The van der Waals surface area contributed by atoms with Gasteiger partial charge in [0.05, 0.1) is 0 Å². The van der Waals surface area contributed by atoms with Gasteiger partial charge in [0.1, 0.15) is 11.0 Å². The maximum atomic E-state index is 12.8. The number of rotatable bonds is 6. The fraction of sp³-hybridized carbons (Fsp3) is 0.375. The molecule has 0 unspecified atom stereocenters. The van der Waals surface area contributed by atoms with Crippen molar-refractivity contribution in [1.29, 1.82) is 0 Å². The highest BCUT2D eigenvalue weighted by Gasteiger charge is 2.27. The highest BCUT2D eigenvalue weighted by molar-refractivity contribution is 7.13. The molecule has 122 valence electrons. The van der Waals surface area contributed by atoms with E-state index in [-0.39, 0.29) is 16.8 Å². The third-order valence-corrected chi connectivity index (χ3v) is 4.29. The lowest BCUT2D eigenvalue weighted by Crippen LogP contribution is -2.42. The second kappa shape index (κ2) is 7.82. The molecule has 23 heavy (non-hydrogen) atoms. The standard InChI is InChI=1S/C16H20N4O2S/c1-4-20(5-2)16(22)13(12-9-7-6-8-10-12)17-14(21)15-19-18-11(3)23-15/h6-10,13H,4-5H2,1-3H3,(H,17,21)/t13-/m1/s1. The number of hydrogen-bond donors (Lipinski definition) is 1. The van der Waals surface area contributed by atoms with Crippen molar-refractivity contribution < 1.29 is 9.59 Å². The average Bonchev–Trinajstić information content (AvgIpc) is 3.01. The van der Waals surface area contributed by atoms with Crippen LogP contribution in [0.3, 0.4) is 0 Å². The van der Waals surface area contributed by atoms with Gasteiger partial charge in [-0.25, -0.2) is 0 Å². The lowest BCUT2D eigenvalue weighted by molar-refractivity contribution is -0.133. The van der Waals surface area contributed by atoms with Crippen molar-refractivity contribution in [2.45, 2.75) is 26.8 Å². The van der Waals surface area contributed by atoms with Gasteiger partial charge >= 0.3 is 0 Å². The third-order valence-electron chi connectivity index (χ3n) is 3.45. The minimum absolute atomic E-state index is 0.129. The first-order chi connectivity index (χ1) is 11.1. The summed E-state index contributed by atoms with van der Waals surface area (Å²) < 4.78 is 0. The first-order valence-electron chi connectivity index (χ1n) is 7.51. The van der Waals surface area contributed by atoms with Crippen LogP contribution in [0.5, 0.6) is 0 Å². The van der Waals surface area contributed by atoms with Crippen LogP contribution < -0.4 is 5.32 Å². The van der Waals surface area contributed by atoms with Crippen molar-refractivity contribution in [3.63, 3.8) is 0 Å². The molecule has 6 nitrogen and oxygen atoms in total. The van der Waals surface area contributed by atoms with Crippen molar-refractivity contribution in [2.75, 3.05) is 13.1 Å². The zero-order valence-electron chi connectivity index (χ0n) is 13.4. The summed E-state index contributed by atoms with van der Waals surface area (Å²) >= 11 is 1.21. The number of carbonyl (C=O) groups is 2. The maximum Gasteiger partial charge on any atom is 0.283 e. The van der Waals surface area contributed by atoms with Crippen molar-refractivity contribution in [3.8, 4) is 0 Å². The Kier molecular flexibility index (Phi) is 5.81. The van der Waals surface area contributed by atoms with Crippen LogP contribution in [0.15, 0.2) is 30.3 Å². The molecule has 0 radical (unpaired) electrons. The van der Waals surface area contributed by atoms with E-state index < -0.39 is 6.04 Å². The first-order valence-corrected chi connectivity index (χ1v) is 8.33. The van der Waals surface area contributed by atoms with E-state index in [1.165, 1.54) is 11.3 Å². The van der Waals surface area contributed by atoms with Crippen LogP contribution in [0.25, 0.3) is 0 Å². The van der Waals surface area contributed by atoms with Gasteiger partial charge in [-0.1, -0.05) is 41.7 Å². The molecule has 0 aliphatic rings. The molecular formula is C16H20N4O2S. The van der Waals surface area contributed by atoms with E-state index in [0.29, 0.717) is 18.1 Å². The predicted molar refractivity (Wildman–Crippen MR) is 89.2 cm³/mol. The Morgan fingerprint density at radius 1 is 1.17 bits per heavy atom. The van der Waals surface area contributed by atoms with Crippen LogP contribution in [0.1, 0.15) is 40.3 Å². The van der Waals surface area contributed by atoms with Crippen molar-refractivity contribution in [2.24, 2.45) is 0 Å². The molecule has 1 aromatic heterocycles. The van der Waals surface area contributed by atoms with Gasteiger partial charge < -0.3 is 10.2 Å². The highest BCUT2D eigenvalue weighted by Crippen LogP contribution is 2.17. The number of nitrogens with one attached hydrogen (secondary N) is 1. The SMILES string of the molecule is CCN(CC)C(=O)[C@H](NC(=O)c1nnc(C)s1)c1ccccc1. The molecule has 1 N–H and O–H groups in total. The van der Waals surface area contributed by atoms with Gasteiger partial charge in [-0.05, 0) is 26.3 Å². The molecule has 7 heteroatoms. The molecule has 0 aliphatic carbocycles. The molecule has 1 atom stereocenters. The van der Waals surface area contributed by atoms with Crippen LogP contribution in [0.4, 0.5) is 0 Å². The summed E-state index contributed by atoms with van der Waals surface area (Å²) in [7, 11) is 0. The molecule has 0 saturated carbocycles. The van der Waals surface area contributed by atoms with Crippen LogP contribution >= 0.6 is 11.3 Å². The molecule has 0 saturated heterocycles. The molecule has 2 rings (SSSR count). The van der Waals surface area contributed by atoms with Gasteiger partial charge in [-0.3, -0.25) is 9.59 Å². The van der Waals surface area contributed by atoms with E-state index >= 15 is 0 Å². The largest absolute Gasteiger partial charge is 0.341 e. The number of benzene rings is 1. The Hall–Kier alpha value is -2.28. The summed E-state index contributed by atoms with van der Waals surface area (Å²) in [6, 6.07) is 8.50. The summed E-state index contributed by atoms with van der Waals surface area (Å²) in [4.78, 5) is 26.8. The molecular weight excluding hydrogens is 312 g/mol. The minimum Gasteiger partial charge on any atom is -0.341 e. The Bertz CT molecular complexity index is 668. The normalized spacial score (nSPS) is 11.8. The van der Waals surface area contributed by atoms with Crippen LogP contribution in [-0.2, 0) is 4.79 Å². The Morgan fingerprint density at radius 3 is 2.35 bits per heavy atom. The monoisotopic (exact) mass is 332 g/mol. The number of nitrogens with zero attached hydrogens (tertiary/aromatic N) is 3. The van der Waals surface area contributed by atoms with Crippen molar-refractivity contribution in [3.05, 3.63) is 45.9 Å². The van der Waals surface area contributed by atoms with Gasteiger partial charge in [-0.2, -0.15) is 0 Å². The summed E-state index contributed by atoms with van der Waals surface area (Å²) in [6.07, 6.45) is 0. The molecule has 1 heterocycles. The number of aryl methyl sites for hydroxylation is 1. The average molecular weight is 332 g/mol. The minimum atomic E-state index is -0.729. The molecule has 0 aliphatic heterocycles. The summed E-state index contributed by atoms with van der Waals surface area (Å²) in [5, 5.41) is 11.4. The smallest absolute Gasteiger partial charge is 0.283 e. The number of amides is 2. The lowest BCUT2D eigenvalue weighted by Gasteiger charge is -2.25. The summed E-state index contributed by atoms with van der Waals surface area (Å²) in [6.45, 7) is 6.79. The van der Waals surface area contributed by atoms with E-state index in [4.69, 9.17) is 0 Å². The molecule has 2 aromatic rings. The van der Waals surface area contributed by atoms with E-state index in [0.717, 1.165) is 5.56 Å². The van der Waals surface area contributed by atoms with Crippen molar-refractivity contribution in [1.82, 2.24) is 20.4 Å². The summed E-state index contributed by atoms with van der Waals surface area (Å²) in [5.74, 6) is -0.513. The molecule has 1 aromatic carbocycles. The second-order valence-electron chi connectivity index (χ2n) is 4.95. The fourth-order valence-electron chi connectivity index (χ4n) is 2.23. The fourth-order valence-corrected chi connectivity index (χ4v) is 2.83. The van der Waals surface area contributed by atoms with E-state index in [1.54, 1.807) is 11.8 Å². The highest BCUT2D eigenvalue weighted by atomic mass is 32.1. The Morgan fingerprint density at radius 2 is 1.83 bits per heavy atom. The first kappa shape index (κ1) is 17.1. The van der Waals surface area contributed by atoms with Gasteiger partial charge in [0.15, 0.2) is 0 Å². The zero-order valence-corrected chi connectivity index (χ0v) is 14.3. The summed E-state index contributed by atoms with van der Waals surface area (Å²) in [5.41, 5.74) is 0.749. The molecule has 0 spiro atoms. The van der Waals surface area contributed by atoms with Crippen LogP contribution in [0.2, 0.25) is 0 Å². The second-order valence-corrected chi connectivity index (χ2v) is 6.14. The zero-order chi connectivity index (χ0) is 16.8. The number of likely N-dealkylation sites (N-methyl/N-ethyl adjacent to an activating group) is 1. The van der Waals surface area contributed by atoms with E-state index in [1.807, 2.05) is 44.2 Å². The molecule has 0 bridgehead atoms. The lowest BCUT2D eigenvalue weighted by atomic mass is 10.1. The predicted octanol–water partition coefficient (Wildman–Crippen LogP) is 2.19. The maximum absolute atomic E-state index is 12.8. The van der Waals surface area contributed by atoms with Gasteiger partial charge in [-0.15, -0.1) is 10.2 Å². The van der Waals surface area contributed by atoms with Gasteiger partial charge in [0.2, 0.25) is 10.9 Å². The third kappa shape index (κ3) is 4.13. The number of hydrogen-bond acceptors (Lipinski definition) is 5. The van der Waals surface area contributed by atoms with Crippen LogP contribution in [-0.4, -0.2) is 40.0 Å². The van der Waals surface area contributed by atoms with Gasteiger partial charge in [0, 0.05) is 13.1 Å². The Balaban J connectivity index is 2.27. The number of carbonyl (C=O) groups excluding carboxylic acids is 2. The van der Waals surface area contributed by atoms with E-state index in [2.05, 4.69) is 15.5 Å². The molecule has 0 fully saturated rings. The van der Waals surface area contributed by atoms with E-state index in [9.17, 15) is 9.59 Å². The topological polar surface area (TPSA) is 75.2 Å². The Labute approximate surface area is 139 Å². The van der Waals surface area contributed by atoms with Crippen molar-refractivity contribution >= 4 is 23.2 Å². The number of aromatic nitrogens is 2. The van der Waals surface area contributed by atoms with Crippen LogP contribution in [0, 0.1) is 6.92 Å².